The third kappa shape index (κ3) is 4.82. The van der Waals surface area contributed by atoms with E-state index < -0.39 is 18.3 Å². The van der Waals surface area contributed by atoms with E-state index in [9.17, 15) is 13.6 Å². The van der Waals surface area contributed by atoms with Crippen molar-refractivity contribution in [1.29, 1.82) is 0 Å². The highest BCUT2D eigenvalue weighted by Gasteiger charge is 2.39. The first-order valence-electron chi connectivity index (χ1n) is 6.15. The molecule has 0 aliphatic carbocycles. The average Bonchev–Trinajstić information content (AvgIpc) is 2.36. The van der Waals surface area contributed by atoms with Crippen molar-refractivity contribution < 1.29 is 18.3 Å². The Labute approximate surface area is 106 Å². The largest absolute Gasteiger partial charge is 0.462 e. The third-order valence-electron chi connectivity index (χ3n) is 2.62. The van der Waals surface area contributed by atoms with Crippen LogP contribution in [-0.2, 0) is 16.0 Å². The Bertz CT molecular complexity index is 363. The van der Waals surface area contributed by atoms with Crippen LogP contribution in [-0.4, -0.2) is 18.5 Å². The average molecular weight is 256 g/mol. The number of ether oxygens (including phenoxy) is 1. The molecule has 0 aromatic heterocycles. The van der Waals surface area contributed by atoms with Crippen molar-refractivity contribution in [3.05, 3.63) is 35.9 Å². The van der Waals surface area contributed by atoms with Crippen LogP contribution in [0.1, 0.15) is 31.7 Å². The molecule has 0 saturated carbocycles. The number of benzene rings is 1. The second kappa shape index (κ2) is 7.09. The molecule has 0 fully saturated rings. The summed E-state index contributed by atoms with van der Waals surface area (Å²) in [5, 5.41) is 0. The van der Waals surface area contributed by atoms with Gasteiger partial charge in [-0.3, -0.25) is 0 Å². The number of hydrogen-bond donors (Lipinski definition) is 0. The highest BCUT2D eigenvalue weighted by Crippen LogP contribution is 2.23. The molecule has 0 radical (unpaired) electrons. The standard InChI is InChI=1S/C14H18F2O2/c1-2-18-13(17)14(15,16)11-7-6-10-12-8-4-3-5-9-12/h3-5,8-9H,2,6-7,10-11H2,1H3. The zero-order chi connectivity index (χ0) is 13.4. The molecule has 0 heterocycles. The zero-order valence-electron chi connectivity index (χ0n) is 10.5. The van der Waals surface area contributed by atoms with Gasteiger partial charge < -0.3 is 4.74 Å². The maximum absolute atomic E-state index is 13.3. The van der Waals surface area contributed by atoms with Gasteiger partial charge in [-0.25, -0.2) is 4.79 Å². The number of carbonyl (C=O) groups excluding carboxylic acids is 1. The number of carbonyl (C=O) groups is 1. The van der Waals surface area contributed by atoms with Gasteiger partial charge in [0.1, 0.15) is 0 Å². The molecule has 100 valence electrons. The van der Waals surface area contributed by atoms with Gasteiger partial charge in [-0.2, -0.15) is 8.78 Å². The summed E-state index contributed by atoms with van der Waals surface area (Å²) in [5.74, 6) is -4.77. The SMILES string of the molecule is CCOC(=O)C(F)(F)CCCCc1ccccc1. The summed E-state index contributed by atoms with van der Waals surface area (Å²) in [6.45, 7) is 1.50. The van der Waals surface area contributed by atoms with Gasteiger partial charge in [0.2, 0.25) is 0 Å². The van der Waals surface area contributed by atoms with Gasteiger partial charge >= 0.3 is 11.9 Å². The fourth-order valence-electron chi connectivity index (χ4n) is 1.66. The van der Waals surface area contributed by atoms with Crippen LogP contribution < -0.4 is 0 Å². The van der Waals surface area contributed by atoms with E-state index in [1.165, 1.54) is 6.92 Å². The van der Waals surface area contributed by atoms with Crippen LogP contribution in [0.15, 0.2) is 30.3 Å². The van der Waals surface area contributed by atoms with Crippen LogP contribution in [0.5, 0.6) is 0 Å². The lowest BCUT2D eigenvalue weighted by Gasteiger charge is -2.14. The maximum Gasteiger partial charge on any atom is 0.376 e. The molecule has 4 heteroatoms. The number of esters is 1. The second-order valence-corrected chi connectivity index (χ2v) is 4.12. The molecule has 0 spiro atoms. The first-order chi connectivity index (χ1) is 8.56. The molecule has 0 N–H and O–H groups in total. The molecule has 0 bridgehead atoms. The normalized spacial score (nSPS) is 11.3. The molecule has 18 heavy (non-hydrogen) atoms. The monoisotopic (exact) mass is 256 g/mol. The topological polar surface area (TPSA) is 26.3 Å². The van der Waals surface area contributed by atoms with Crippen molar-refractivity contribution in [2.24, 2.45) is 0 Å². The lowest BCUT2D eigenvalue weighted by atomic mass is 10.1. The van der Waals surface area contributed by atoms with Crippen molar-refractivity contribution in [2.45, 2.75) is 38.5 Å². The molecule has 0 amide bonds. The van der Waals surface area contributed by atoms with Crippen LogP contribution >= 0.6 is 0 Å². The third-order valence-corrected chi connectivity index (χ3v) is 2.62. The van der Waals surface area contributed by atoms with Crippen LogP contribution in [0.4, 0.5) is 8.78 Å². The lowest BCUT2D eigenvalue weighted by molar-refractivity contribution is -0.172. The van der Waals surface area contributed by atoms with E-state index in [1.54, 1.807) is 0 Å². The van der Waals surface area contributed by atoms with Crippen LogP contribution in [0.3, 0.4) is 0 Å². The minimum Gasteiger partial charge on any atom is -0.462 e. The number of aryl methyl sites for hydroxylation is 1. The molecule has 1 rings (SSSR count). The molecule has 0 saturated heterocycles. The predicted octanol–water partition coefficient (Wildman–Crippen LogP) is 3.60. The van der Waals surface area contributed by atoms with Gasteiger partial charge in [-0.15, -0.1) is 0 Å². The quantitative estimate of drug-likeness (QED) is 0.550. The molecule has 2 nitrogen and oxygen atoms in total. The number of alkyl halides is 2. The van der Waals surface area contributed by atoms with Crippen molar-refractivity contribution in [2.75, 3.05) is 6.61 Å². The van der Waals surface area contributed by atoms with E-state index in [-0.39, 0.29) is 6.61 Å². The summed E-state index contributed by atoms with van der Waals surface area (Å²) in [6, 6.07) is 9.68. The Morgan fingerprint density at radius 1 is 1.22 bits per heavy atom. The fraction of sp³-hybridized carbons (Fsp3) is 0.500. The summed E-state index contributed by atoms with van der Waals surface area (Å²) >= 11 is 0. The Morgan fingerprint density at radius 3 is 2.50 bits per heavy atom. The van der Waals surface area contributed by atoms with Crippen molar-refractivity contribution in [3.63, 3.8) is 0 Å². The Balaban J connectivity index is 2.27. The van der Waals surface area contributed by atoms with Gasteiger partial charge in [0, 0.05) is 6.42 Å². The first-order valence-corrected chi connectivity index (χ1v) is 6.15. The van der Waals surface area contributed by atoms with E-state index >= 15 is 0 Å². The fourth-order valence-corrected chi connectivity index (χ4v) is 1.66. The maximum atomic E-state index is 13.3. The summed E-state index contributed by atoms with van der Waals surface area (Å²) < 4.78 is 30.8. The molecule has 0 atom stereocenters. The Kier molecular flexibility index (Phi) is 5.75. The minimum absolute atomic E-state index is 0.0154. The Hall–Kier alpha value is -1.45. The van der Waals surface area contributed by atoms with E-state index in [0.717, 1.165) is 12.0 Å². The minimum atomic E-state index is -3.35. The molecular weight excluding hydrogens is 238 g/mol. The highest BCUT2D eigenvalue weighted by atomic mass is 19.3. The number of unbranched alkanes of at least 4 members (excludes halogenated alkanes) is 1. The number of hydrogen-bond acceptors (Lipinski definition) is 2. The van der Waals surface area contributed by atoms with Gasteiger partial charge in [-0.1, -0.05) is 30.3 Å². The Morgan fingerprint density at radius 2 is 1.89 bits per heavy atom. The van der Waals surface area contributed by atoms with E-state index in [1.807, 2.05) is 30.3 Å². The number of rotatable bonds is 7. The van der Waals surface area contributed by atoms with E-state index in [2.05, 4.69) is 4.74 Å². The first kappa shape index (κ1) is 14.6. The number of halogens is 2. The summed E-state index contributed by atoms with van der Waals surface area (Å²) in [4.78, 5) is 11.0. The smallest absolute Gasteiger partial charge is 0.376 e. The van der Waals surface area contributed by atoms with Gasteiger partial charge in [0.15, 0.2) is 0 Å². The van der Waals surface area contributed by atoms with Gasteiger partial charge in [0.25, 0.3) is 0 Å². The summed E-state index contributed by atoms with van der Waals surface area (Å²) in [5.41, 5.74) is 1.12. The lowest BCUT2D eigenvalue weighted by Crippen LogP contribution is -2.30. The second-order valence-electron chi connectivity index (χ2n) is 4.12. The van der Waals surface area contributed by atoms with Crippen molar-refractivity contribution in [1.82, 2.24) is 0 Å². The molecule has 0 unspecified atom stereocenters. The van der Waals surface area contributed by atoms with Gasteiger partial charge in [0.05, 0.1) is 6.61 Å². The molecule has 0 aliphatic heterocycles. The molecule has 0 aliphatic rings. The molecule has 1 aromatic rings. The molecular formula is C14H18F2O2. The summed E-state index contributed by atoms with van der Waals surface area (Å²) in [7, 11) is 0. The zero-order valence-corrected chi connectivity index (χ0v) is 10.5. The predicted molar refractivity (Wildman–Crippen MR) is 65.6 cm³/mol. The van der Waals surface area contributed by atoms with Gasteiger partial charge in [-0.05, 0) is 31.7 Å². The molecule has 1 aromatic carbocycles. The van der Waals surface area contributed by atoms with Crippen LogP contribution in [0.25, 0.3) is 0 Å². The van der Waals surface area contributed by atoms with Crippen LogP contribution in [0.2, 0.25) is 0 Å². The van der Waals surface area contributed by atoms with Crippen molar-refractivity contribution in [3.8, 4) is 0 Å². The van der Waals surface area contributed by atoms with Crippen molar-refractivity contribution >= 4 is 5.97 Å². The van der Waals surface area contributed by atoms with E-state index in [0.29, 0.717) is 12.8 Å². The van der Waals surface area contributed by atoms with E-state index in [4.69, 9.17) is 0 Å². The highest BCUT2D eigenvalue weighted by molar-refractivity contribution is 5.77. The summed E-state index contributed by atoms with van der Waals surface area (Å²) in [6.07, 6.45) is 1.25. The van der Waals surface area contributed by atoms with Crippen LogP contribution in [0, 0.1) is 0 Å².